The maximum Gasteiger partial charge on any atom is 0.328 e. The minimum atomic E-state index is -1.02. The lowest BCUT2D eigenvalue weighted by molar-refractivity contribution is -0.160. The Balaban J connectivity index is 2.02. The zero-order valence-electron chi connectivity index (χ0n) is 12.8. The van der Waals surface area contributed by atoms with Gasteiger partial charge in [-0.2, -0.15) is 0 Å². The second kappa shape index (κ2) is 7.26. The quantitative estimate of drug-likeness (QED) is 0.884. The van der Waals surface area contributed by atoms with Crippen molar-refractivity contribution in [2.24, 2.45) is 5.92 Å². The van der Waals surface area contributed by atoms with Crippen molar-refractivity contribution in [2.75, 3.05) is 26.9 Å². The summed E-state index contributed by atoms with van der Waals surface area (Å²) in [5.74, 6) is -0.689. The fraction of sp³-hybridized carbons (Fsp3) is 0.500. The highest BCUT2D eigenvalue weighted by Crippen LogP contribution is 2.18. The van der Waals surface area contributed by atoms with Gasteiger partial charge in [-0.1, -0.05) is 19.1 Å². The number of nitrogens with zero attached hydrogens (tertiary/aromatic N) is 1. The Morgan fingerprint density at radius 2 is 2.09 bits per heavy atom. The average Bonchev–Trinajstić information content (AvgIpc) is 2.54. The number of carbonyl (C=O) groups is 2. The van der Waals surface area contributed by atoms with Crippen LogP contribution >= 0.6 is 0 Å². The van der Waals surface area contributed by atoms with Crippen LogP contribution < -0.4 is 4.74 Å². The van der Waals surface area contributed by atoms with E-state index in [1.807, 2.05) is 31.2 Å². The van der Waals surface area contributed by atoms with Crippen LogP contribution in [0.15, 0.2) is 24.3 Å². The molecule has 120 valence electrons. The second-order valence-electron chi connectivity index (χ2n) is 5.41. The molecule has 0 aliphatic carbocycles. The molecule has 2 unspecified atom stereocenters. The molecule has 0 spiro atoms. The van der Waals surface area contributed by atoms with Gasteiger partial charge in [-0.05, 0) is 24.1 Å². The zero-order valence-corrected chi connectivity index (χ0v) is 12.8. The van der Waals surface area contributed by atoms with Crippen LogP contribution in [0.5, 0.6) is 5.75 Å². The number of aliphatic carboxylic acids is 1. The van der Waals surface area contributed by atoms with E-state index in [1.165, 1.54) is 4.90 Å². The SMILES string of the molecule is COc1ccc(CC(C)C(=O)N2CCOCC2C(=O)O)cc1. The van der Waals surface area contributed by atoms with Crippen molar-refractivity contribution in [1.82, 2.24) is 4.90 Å². The van der Waals surface area contributed by atoms with Crippen molar-refractivity contribution in [3.63, 3.8) is 0 Å². The van der Waals surface area contributed by atoms with Crippen LogP contribution in [0.4, 0.5) is 0 Å². The molecule has 1 aromatic carbocycles. The molecule has 0 bridgehead atoms. The topological polar surface area (TPSA) is 76.1 Å². The van der Waals surface area contributed by atoms with Crippen LogP contribution in [0.3, 0.4) is 0 Å². The fourth-order valence-electron chi connectivity index (χ4n) is 2.56. The predicted molar refractivity (Wildman–Crippen MR) is 79.8 cm³/mol. The Labute approximate surface area is 129 Å². The molecule has 1 N–H and O–H groups in total. The predicted octanol–water partition coefficient (Wildman–Crippen LogP) is 1.19. The van der Waals surface area contributed by atoms with Crippen LogP contribution in [0.2, 0.25) is 0 Å². The van der Waals surface area contributed by atoms with Crippen LogP contribution in [-0.4, -0.2) is 54.8 Å². The molecule has 6 heteroatoms. The molecular weight excluding hydrogens is 286 g/mol. The molecule has 2 atom stereocenters. The summed E-state index contributed by atoms with van der Waals surface area (Å²) in [5.41, 5.74) is 1.02. The summed E-state index contributed by atoms with van der Waals surface area (Å²) in [6.45, 7) is 2.57. The molecule has 1 heterocycles. The van der Waals surface area contributed by atoms with E-state index in [9.17, 15) is 14.7 Å². The number of hydrogen-bond acceptors (Lipinski definition) is 4. The lowest BCUT2D eigenvalue weighted by Crippen LogP contribution is -2.54. The minimum Gasteiger partial charge on any atom is -0.497 e. The number of rotatable bonds is 5. The van der Waals surface area contributed by atoms with Gasteiger partial charge in [0.1, 0.15) is 5.75 Å². The average molecular weight is 307 g/mol. The number of carboxylic acids is 1. The molecule has 1 amide bonds. The van der Waals surface area contributed by atoms with Gasteiger partial charge in [0, 0.05) is 12.5 Å². The summed E-state index contributed by atoms with van der Waals surface area (Å²) in [6.07, 6.45) is 0.562. The normalized spacial score (nSPS) is 19.5. The van der Waals surface area contributed by atoms with Crippen molar-refractivity contribution in [2.45, 2.75) is 19.4 Å². The number of amides is 1. The van der Waals surface area contributed by atoms with E-state index >= 15 is 0 Å². The molecule has 1 fully saturated rings. The first-order valence-corrected chi connectivity index (χ1v) is 7.27. The molecule has 0 radical (unpaired) electrons. The summed E-state index contributed by atoms with van der Waals surface area (Å²) in [4.78, 5) is 25.2. The maximum atomic E-state index is 12.5. The minimum absolute atomic E-state index is 0.0519. The lowest BCUT2D eigenvalue weighted by atomic mass is 9.98. The van der Waals surface area contributed by atoms with Gasteiger partial charge >= 0.3 is 5.97 Å². The van der Waals surface area contributed by atoms with Gasteiger partial charge in [0.25, 0.3) is 0 Å². The van der Waals surface area contributed by atoms with Crippen molar-refractivity contribution in [1.29, 1.82) is 0 Å². The summed E-state index contributed by atoms with van der Waals surface area (Å²) in [7, 11) is 1.60. The molecular formula is C16H21NO5. The van der Waals surface area contributed by atoms with Crippen molar-refractivity contribution >= 4 is 11.9 Å². The van der Waals surface area contributed by atoms with E-state index in [1.54, 1.807) is 7.11 Å². The van der Waals surface area contributed by atoms with Gasteiger partial charge in [0.05, 0.1) is 20.3 Å². The van der Waals surface area contributed by atoms with Gasteiger partial charge in [0.15, 0.2) is 6.04 Å². The number of benzene rings is 1. The molecule has 6 nitrogen and oxygen atoms in total. The first kappa shape index (κ1) is 16.3. The van der Waals surface area contributed by atoms with Crippen molar-refractivity contribution in [3.8, 4) is 5.75 Å². The van der Waals surface area contributed by atoms with Crippen molar-refractivity contribution < 1.29 is 24.2 Å². The monoisotopic (exact) mass is 307 g/mol. The van der Waals surface area contributed by atoms with Gasteiger partial charge in [-0.25, -0.2) is 4.79 Å². The number of ether oxygens (including phenoxy) is 2. The third-order valence-electron chi connectivity index (χ3n) is 3.82. The Kier molecular flexibility index (Phi) is 5.38. The fourth-order valence-corrected chi connectivity index (χ4v) is 2.56. The third kappa shape index (κ3) is 3.76. The molecule has 1 saturated heterocycles. The Bertz CT molecular complexity index is 528. The van der Waals surface area contributed by atoms with Gasteiger partial charge in [0.2, 0.25) is 5.91 Å². The van der Waals surface area contributed by atoms with Crippen LogP contribution in [-0.2, 0) is 20.7 Å². The largest absolute Gasteiger partial charge is 0.497 e. The highest BCUT2D eigenvalue weighted by molar-refractivity contribution is 5.85. The first-order chi connectivity index (χ1) is 10.5. The van der Waals surface area contributed by atoms with E-state index in [-0.39, 0.29) is 18.4 Å². The highest BCUT2D eigenvalue weighted by Gasteiger charge is 2.34. The summed E-state index contributed by atoms with van der Waals surface area (Å²) >= 11 is 0. The lowest BCUT2D eigenvalue weighted by Gasteiger charge is -2.34. The number of methoxy groups -OCH3 is 1. The second-order valence-corrected chi connectivity index (χ2v) is 5.41. The van der Waals surface area contributed by atoms with E-state index in [0.717, 1.165) is 11.3 Å². The molecule has 0 saturated carbocycles. The first-order valence-electron chi connectivity index (χ1n) is 7.27. The molecule has 2 rings (SSSR count). The highest BCUT2D eigenvalue weighted by atomic mass is 16.5. The van der Waals surface area contributed by atoms with Crippen LogP contribution in [0.1, 0.15) is 12.5 Å². The maximum absolute atomic E-state index is 12.5. The molecule has 1 aliphatic heterocycles. The molecule has 1 aliphatic rings. The summed E-state index contributed by atoms with van der Waals surface area (Å²) in [5, 5.41) is 9.20. The number of morpholine rings is 1. The standard InChI is InChI=1S/C16H21NO5/c1-11(9-12-3-5-13(21-2)6-4-12)15(18)17-7-8-22-10-14(17)16(19)20/h3-6,11,14H,7-10H2,1-2H3,(H,19,20). The van der Waals surface area contributed by atoms with E-state index in [0.29, 0.717) is 19.6 Å². The Morgan fingerprint density at radius 3 is 2.68 bits per heavy atom. The Hall–Kier alpha value is -2.08. The van der Waals surface area contributed by atoms with Gasteiger partial charge < -0.3 is 19.5 Å². The Morgan fingerprint density at radius 1 is 1.41 bits per heavy atom. The smallest absolute Gasteiger partial charge is 0.328 e. The van der Waals surface area contributed by atoms with Crippen molar-refractivity contribution in [3.05, 3.63) is 29.8 Å². The molecule has 0 aromatic heterocycles. The number of carbonyl (C=O) groups excluding carboxylic acids is 1. The summed E-state index contributed by atoms with van der Waals surface area (Å²) < 4.78 is 10.3. The number of carboxylic acid groups (broad SMARTS) is 1. The summed E-state index contributed by atoms with van der Waals surface area (Å²) in [6, 6.07) is 6.63. The van der Waals surface area contributed by atoms with Crippen LogP contribution in [0, 0.1) is 5.92 Å². The zero-order chi connectivity index (χ0) is 16.1. The van der Waals surface area contributed by atoms with E-state index in [2.05, 4.69) is 0 Å². The molecule has 22 heavy (non-hydrogen) atoms. The third-order valence-corrected chi connectivity index (χ3v) is 3.82. The van der Waals surface area contributed by atoms with Gasteiger partial charge in [-0.15, -0.1) is 0 Å². The van der Waals surface area contributed by atoms with E-state index < -0.39 is 12.0 Å². The van der Waals surface area contributed by atoms with Gasteiger partial charge in [-0.3, -0.25) is 4.79 Å². The number of hydrogen-bond donors (Lipinski definition) is 1. The van der Waals surface area contributed by atoms with Crippen LogP contribution in [0.25, 0.3) is 0 Å². The van der Waals surface area contributed by atoms with E-state index in [4.69, 9.17) is 9.47 Å². The molecule has 1 aromatic rings.